The Morgan fingerprint density at radius 1 is 1.00 bits per heavy atom. The van der Waals surface area contributed by atoms with Crippen molar-refractivity contribution in [2.75, 3.05) is 0 Å². The molecule has 0 saturated heterocycles. The Morgan fingerprint density at radius 2 is 1.65 bits per heavy atom. The van der Waals surface area contributed by atoms with Gasteiger partial charge in [0.05, 0.1) is 6.10 Å². The fraction of sp³-hybridized carbons (Fsp3) is 0.294. The van der Waals surface area contributed by atoms with Crippen molar-refractivity contribution < 1.29 is 9.50 Å². The smallest absolute Gasteiger partial charge is 0.130 e. The molecule has 20 heavy (non-hydrogen) atoms. The molecule has 0 aromatic heterocycles. The second-order valence-electron chi connectivity index (χ2n) is 5.15. The minimum atomic E-state index is -0.811. The Morgan fingerprint density at radius 3 is 2.20 bits per heavy atom. The van der Waals surface area contributed by atoms with Crippen LogP contribution in [0.4, 0.5) is 4.39 Å². The standard InChI is InChI=1S/C17H19FOS/c1-11(2)13-7-9-14(10-8-13)20-16-6-4-5-15(18)17(16)12(3)19/h4-12,19H,1-3H3. The van der Waals surface area contributed by atoms with Gasteiger partial charge in [-0.3, -0.25) is 0 Å². The summed E-state index contributed by atoms with van der Waals surface area (Å²) < 4.78 is 13.8. The van der Waals surface area contributed by atoms with E-state index in [0.717, 1.165) is 9.79 Å². The molecule has 0 radical (unpaired) electrons. The van der Waals surface area contributed by atoms with Gasteiger partial charge in [0.25, 0.3) is 0 Å². The van der Waals surface area contributed by atoms with E-state index in [9.17, 15) is 9.50 Å². The molecule has 0 aliphatic rings. The highest BCUT2D eigenvalue weighted by Crippen LogP contribution is 2.35. The van der Waals surface area contributed by atoms with Gasteiger partial charge in [0, 0.05) is 15.4 Å². The Hall–Kier alpha value is -1.32. The Bertz CT molecular complexity index is 576. The molecule has 3 heteroatoms. The van der Waals surface area contributed by atoms with E-state index in [1.165, 1.54) is 23.4 Å². The quantitative estimate of drug-likeness (QED) is 0.840. The highest BCUT2D eigenvalue weighted by atomic mass is 32.2. The first-order chi connectivity index (χ1) is 9.49. The molecule has 106 valence electrons. The van der Waals surface area contributed by atoms with Crippen molar-refractivity contribution in [3.8, 4) is 0 Å². The fourth-order valence-electron chi connectivity index (χ4n) is 2.06. The molecule has 1 nitrogen and oxygen atoms in total. The molecule has 1 unspecified atom stereocenters. The van der Waals surface area contributed by atoms with Crippen LogP contribution >= 0.6 is 11.8 Å². The number of benzene rings is 2. The van der Waals surface area contributed by atoms with Gasteiger partial charge >= 0.3 is 0 Å². The summed E-state index contributed by atoms with van der Waals surface area (Å²) in [4.78, 5) is 1.80. The van der Waals surface area contributed by atoms with Crippen molar-refractivity contribution in [2.24, 2.45) is 0 Å². The van der Waals surface area contributed by atoms with Gasteiger partial charge in [0.15, 0.2) is 0 Å². The van der Waals surface area contributed by atoms with Crippen LogP contribution in [0.3, 0.4) is 0 Å². The van der Waals surface area contributed by atoms with Crippen LogP contribution < -0.4 is 0 Å². The van der Waals surface area contributed by atoms with E-state index < -0.39 is 6.10 Å². The lowest BCUT2D eigenvalue weighted by atomic mass is 10.0. The van der Waals surface area contributed by atoms with E-state index in [0.29, 0.717) is 11.5 Å². The molecule has 2 aromatic rings. The van der Waals surface area contributed by atoms with Crippen LogP contribution in [0.1, 0.15) is 43.9 Å². The van der Waals surface area contributed by atoms with Crippen LogP contribution in [-0.2, 0) is 0 Å². The molecular weight excluding hydrogens is 271 g/mol. The number of hydrogen-bond donors (Lipinski definition) is 1. The van der Waals surface area contributed by atoms with Gasteiger partial charge in [-0.2, -0.15) is 0 Å². The van der Waals surface area contributed by atoms with E-state index >= 15 is 0 Å². The van der Waals surface area contributed by atoms with E-state index in [1.54, 1.807) is 13.0 Å². The molecule has 0 aliphatic carbocycles. The predicted octanol–water partition coefficient (Wildman–Crippen LogP) is 5.15. The lowest BCUT2D eigenvalue weighted by Crippen LogP contribution is -1.98. The maximum absolute atomic E-state index is 13.8. The van der Waals surface area contributed by atoms with Gasteiger partial charge in [-0.25, -0.2) is 4.39 Å². The van der Waals surface area contributed by atoms with E-state index in [4.69, 9.17) is 0 Å². The van der Waals surface area contributed by atoms with Crippen LogP contribution in [0, 0.1) is 5.82 Å². The monoisotopic (exact) mass is 290 g/mol. The van der Waals surface area contributed by atoms with Gasteiger partial charge in [-0.05, 0) is 42.7 Å². The molecular formula is C17H19FOS. The molecule has 0 bridgehead atoms. The summed E-state index contributed by atoms with van der Waals surface area (Å²) >= 11 is 1.48. The third-order valence-corrected chi connectivity index (χ3v) is 4.29. The summed E-state index contributed by atoms with van der Waals surface area (Å²) in [5, 5.41) is 9.73. The zero-order valence-electron chi connectivity index (χ0n) is 11.9. The largest absolute Gasteiger partial charge is 0.389 e. The maximum Gasteiger partial charge on any atom is 0.130 e. The van der Waals surface area contributed by atoms with Crippen LogP contribution in [0.15, 0.2) is 52.3 Å². The van der Waals surface area contributed by atoms with E-state index in [-0.39, 0.29) is 5.82 Å². The lowest BCUT2D eigenvalue weighted by molar-refractivity contribution is 0.191. The van der Waals surface area contributed by atoms with E-state index in [2.05, 4.69) is 26.0 Å². The molecule has 2 rings (SSSR count). The van der Waals surface area contributed by atoms with Crippen molar-refractivity contribution >= 4 is 11.8 Å². The van der Waals surface area contributed by atoms with Crippen molar-refractivity contribution in [1.82, 2.24) is 0 Å². The molecule has 2 aromatic carbocycles. The highest BCUT2D eigenvalue weighted by Gasteiger charge is 2.14. The third-order valence-electron chi connectivity index (χ3n) is 3.21. The molecule has 0 fully saturated rings. The summed E-state index contributed by atoms with van der Waals surface area (Å²) in [6.45, 7) is 5.89. The molecule has 1 atom stereocenters. The predicted molar refractivity (Wildman–Crippen MR) is 81.7 cm³/mol. The first-order valence-corrected chi connectivity index (χ1v) is 7.55. The van der Waals surface area contributed by atoms with Crippen molar-refractivity contribution in [3.63, 3.8) is 0 Å². The number of rotatable bonds is 4. The highest BCUT2D eigenvalue weighted by molar-refractivity contribution is 7.99. The first-order valence-electron chi connectivity index (χ1n) is 6.73. The van der Waals surface area contributed by atoms with Gasteiger partial charge in [-0.15, -0.1) is 0 Å². The SMILES string of the molecule is CC(C)c1ccc(Sc2cccc(F)c2C(C)O)cc1. The Balaban J connectivity index is 2.28. The summed E-state index contributed by atoms with van der Waals surface area (Å²) in [6.07, 6.45) is -0.811. The van der Waals surface area contributed by atoms with Gasteiger partial charge in [0.1, 0.15) is 5.82 Å². The second kappa shape index (κ2) is 6.42. The van der Waals surface area contributed by atoms with Crippen LogP contribution in [0.2, 0.25) is 0 Å². The Kier molecular flexibility index (Phi) is 4.84. The molecule has 0 spiro atoms. The molecule has 1 N–H and O–H groups in total. The minimum absolute atomic E-state index is 0.358. The summed E-state index contributed by atoms with van der Waals surface area (Å²) in [5.74, 6) is 0.139. The topological polar surface area (TPSA) is 20.2 Å². The number of aliphatic hydroxyl groups is 1. The molecule has 0 aliphatic heterocycles. The minimum Gasteiger partial charge on any atom is -0.389 e. The average Bonchev–Trinajstić information content (AvgIpc) is 2.39. The Labute approximate surface area is 123 Å². The normalized spacial score (nSPS) is 12.7. The van der Waals surface area contributed by atoms with Gasteiger partial charge in [-0.1, -0.05) is 43.8 Å². The fourth-order valence-corrected chi connectivity index (χ4v) is 3.11. The number of aliphatic hydroxyl groups excluding tert-OH is 1. The van der Waals surface area contributed by atoms with E-state index in [1.807, 2.05) is 18.2 Å². The summed E-state index contributed by atoms with van der Waals surface area (Å²) in [7, 11) is 0. The van der Waals surface area contributed by atoms with Crippen molar-refractivity contribution in [2.45, 2.75) is 42.6 Å². The van der Waals surface area contributed by atoms with Gasteiger partial charge < -0.3 is 5.11 Å². The zero-order chi connectivity index (χ0) is 14.7. The molecule has 0 heterocycles. The number of halogens is 1. The van der Waals surface area contributed by atoms with Crippen LogP contribution in [-0.4, -0.2) is 5.11 Å². The van der Waals surface area contributed by atoms with Gasteiger partial charge in [0.2, 0.25) is 0 Å². The maximum atomic E-state index is 13.8. The number of hydrogen-bond acceptors (Lipinski definition) is 2. The lowest BCUT2D eigenvalue weighted by Gasteiger charge is -2.13. The third kappa shape index (κ3) is 3.41. The summed E-state index contributed by atoms with van der Waals surface area (Å²) in [6, 6.07) is 13.2. The van der Waals surface area contributed by atoms with Crippen LogP contribution in [0.5, 0.6) is 0 Å². The first kappa shape index (κ1) is 15.1. The average molecular weight is 290 g/mol. The molecule has 0 saturated carbocycles. The van der Waals surface area contributed by atoms with Crippen molar-refractivity contribution in [3.05, 3.63) is 59.4 Å². The van der Waals surface area contributed by atoms with Crippen LogP contribution in [0.25, 0.3) is 0 Å². The summed E-state index contributed by atoms with van der Waals surface area (Å²) in [5.41, 5.74) is 1.65. The molecule has 0 amide bonds. The zero-order valence-corrected chi connectivity index (χ0v) is 12.7. The van der Waals surface area contributed by atoms with Crippen molar-refractivity contribution in [1.29, 1.82) is 0 Å². The second-order valence-corrected chi connectivity index (χ2v) is 6.27.